The average molecular weight is 438 g/mol. The molecule has 32 heavy (non-hydrogen) atoms. The second kappa shape index (κ2) is 10.8. The molecule has 1 aliphatic rings. The van der Waals surface area contributed by atoms with Crippen LogP contribution < -0.4 is 9.47 Å². The molecule has 1 unspecified atom stereocenters. The fraction of sp³-hybridized carbons (Fsp3) is 0.385. The van der Waals surface area contributed by atoms with Crippen molar-refractivity contribution in [2.75, 3.05) is 19.8 Å². The Hall–Kier alpha value is -3.28. The molecule has 3 rings (SSSR count). The Balaban J connectivity index is 2.03. The highest BCUT2D eigenvalue weighted by Crippen LogP contribution is 2.40. The predicted octanol–water partition coefficient (Wildman–Crippen LogP) is 5.10. The van der Waals surface area contributed by atoms with Crippen LogP contribution in [-0.2, 0) is 9.59 Å². The molecule has 1 saturated heterocycles. The van der Waals surface area contributed by atoms with E-state index in [0.29, 0.717) is 37.5 Å². The number of hydrogen-bond acceptors (Lipinski definition) is 5. The first-order valence-electron chi connectivity index (χ1n) is 11.3. The average Bonchev–Trinajstić information content (AvgIpc) is 3.05. The number of aliphatic hydroxyl groups excluding tert-OH is 1. The van der Waals surface area contributed by atoms with E-state index >= 15 is 0 Å². The summed E-state index contributed by atoms with van der Waals surface area (Å²) in [6, 6.07) is 13.6. The lowest BCUT2D eigenvalue weighted by Crippen LogP contribution is -2.30. The summed E-state index contributed by atoms with van der Waals surface area (Å²) in [5.41, 5.74) is 1.29. The highest BCUT2D eigenvalue weighted by atomic mass is 16.5. The molecule has 6 nitrogen and oxygen atoms in total. The van der Waals surface area contributed by atoms with Crippen LogP contribution in [0.4, 0.5) is 0 Å². The van der Waals surface area contributed by atoms with Gasteiger partial charge in [-0.3, -0.25) is 9.59 Å². The molecule has 1 N–H and O–H groups in total. The SMILES string of the molecule is CCCCOc1ccc(C2/C(=C(/O)c3cccc(OCC)c3)C(=O)C(=O)N2CCC)cc1. The Bertz CT molecular complexity index is 980. The van der Waals surface area contributed by atoms with Crippen LogP contribution >= 0.6 is 0 Å². The number of carbonyl (C=O) groups excluding carboxylic acids is 2. The molecule has 6 heteroatoms. The summed E-state index contributed by atoms with van der Waals surface area (Å²) in [5, 5.41) is 11.1. The van der Waals surface area contributed by atoms with Crippen molar-refractivity contribution in [3.8, 4) is 11.5 Å². The maximum Gasteiger partial charge on any atom is 0.295 e. The van der Waals surface area contributed by atoms with Crippen LogP contribution in [0.1, 0.15) is 57.2 Å². The van der Waals surface area contributed by atoms with Gasteiger partial charge in [-0.05, 0) is 49.6 Å². The number of ketones is 1. The zero-order valence-corrected chi connectivity index (χ0v) is 19.0. The third kappa shape index (κ3) is 4.96. The largest absolute Gasteiger partial charge is 0.507 e. The van der Waals surface area contributed by atoms with Gasteiger partial charge >= 0.3 is 0 Å². The van der Waals surface area contributed by atoms with Gasteiger partial charge in [-0.15, -0.1) is 0 Å². The van der Waals surface area contributed by atoms with E-state index in [0.717, 1.165) is 24.2 Å². The minimum absolute atomic E-state index is 0.0942. The molecule has 2 aromatic carbocycles. The molecular weight excluding hydrogens is 406 g/mol. The fourth-order valence-electron chi connectivity index (χ4n) is 3.83. The van der Waals surface area contributed by atoms with E-state index in [2.05, 4.69) is 6.92 Å². The number of hydrogen-bond donors (Lipinski definition) is 1. The van der Waals surface area contributed by atoms with E-state index in [4.69, 9.17) is 9.47 Å². The lowest BCUT2D eigenvalue weighted by molar-refractivity contribution is -0.139. The first-order chi connectivity index (χ1) is 15.5. The molecule has 0 bridgehead atoms. The van der Waals surface area contributed by atoms with Crippen molar-refractivity contribution in [2.24, 2.45) is 0 Å². The van der Waals surface area contributed by atoms with Gasteiger partial charge in [-0.2, -0.15) is 0 Å². The zero-order valence-electron chi connectivity index (χ0n) is 19.0. The van der Waals surface area contributed by atoms with E-state index in [9.17, 15) is 14.7 Å². The number of carbonyl (C=O) groups is 2. The molecule has 2 aromatic rings. The van der Waals surface area contributed by atoms with Gasteiger partial charge in [0.1, 0.15) is 17.3 Å². The summed E-state index contributed by atoms with van der Waals surface area (Å²) in [4.78, 5) is 27.3. The van der Waals surface area contributed by atoms with Crippen molar-refractivity contribution in [1.29, 1.82) is 0 Å². The number of likely N-dealkylation sites (tertiary alicyclic amines) is 1. The number of unbranched alkanes of at least 4 members (excludes halogenated alkanes) is 1. The number of nitrogens with zero attached hydrogens (tertiary/aromatic N) is 1. The van der Waals surface area contributed by atoms with E-state index < -0.39 is 17.7 Å². The second-order valence-electron chi connectivity index (χ2n) is 7.72. The Kier molecular flexibility index (Phi) is 7.92. The number of benzene rings is 2. The van der Waals surface area contributed by atoms with Gasteiger partial charge < -0.3 is 19.5 Å². The molecule has 1 fully saturated rings. The van der Waals surface area contributed by atoms with Crippen molar-refractivity contribution in [2.45, 2.75) is 46.1 Å². The molecule has 1 atom stereocenters. The van der Waals surface area contributed by atoms with Crippen molar-refractivity contribution >= 4 is 17.4 Å². The Morgan fingerprint density at radius 3 is 2.38 bits per heavy atom. The van der Waals surface area contributed by atoms with E-state index in [1.807, 2.05) is 38.1 Å². The van der Waals surface area contributed by atoms with Crippen LogP contribution in [0.2, 0.25) is 0 Å². The third-order valence-corrected chi connectivity index (χ3v) is 5.39. The number of Topliss-reactive ketones (excluding diaryl/α,β-unsaturated/α-hetero) is 1. The quantitative estimate of drug-likeness (QED) is 0.242. The molecular formula is C26H31NO5. The van der Waals surface area contributed by atoms with E-state index in [-0.39, 0.29) is 11.3 Å². The first-order valence-corrected chi connectivity index (χ1v) is 11.3. The van der Waals surface area contributed by atoms with E-state index in [1.54, 1.807) is 24.3 Å². The topological polar surface area (TPSA) is 76.1 Å². The highest BCUT2D eigenvalue weighted by Gasteiger charge is 2.45. The summed E-state index contributed by atoms with van der Waals surface area (Å²) < 4.78 is 11.3. The van der Waals surface area contributed by atoms with Crippen LogP contribution in [-0.4, -0.2) is 41.5 Å². The molecule has 0 aliphatic carbocycles. The molecule has 0 aromatic heterocycles. The number of aliphatic hydroxyl groups is 1. The van der Waals surface area contributed by atoms with Crippen LogP contribution in [0.3, 0.4) is 0 Å². The van der Waals surface area contributed by atoms with Crippen molar-refractivity contribution in [1.82, 2.24) is 4.90 Å². The number of amides is 1. The van der Waals surface area contributed by atoms with Crippen molar-refractivity contribution in [3.63, 3.8) is 0 Å². The Morgan fingerprint density at radius 1 is 0.969 bits per heavy atom. The van der Waals surface area contributed by atoms with Gasteiger partial charge in [0.2, 0.25) is 0 Å². The summed E-state index contributed by atoms with van der Waals surface area (Å²) in [7, 11) is 0. The Morgan fingerprint density at radius 2 is 1.72 bits per heavy atom. The van der Waals surface area contributed by atoms with Gasteiger partial charge in [-0.25, -0.2) is 0 Å². The molecule has 0 radical (unpaired) electrons. The number of rotatable bonds is 10. The normalized spacial score (nSPS) is 17.6. The minimum Gasteiger partial charge on any atom is -0.507 e. The van der Waals surface area contributed by atoms with Crippen molar-refractivity contribution in [3.05, 3.63) is 65.2 Å². The first kappa shape index (κ1) is 23.4. The minimum atomic E-state index is -0.675. The smallest absolute Gasteiger partial charge is 0.295 e. The summed E-state index contributed by atoms with van der Waals surface area (Å²) >= 11 is 0. The Labute approximate surface area is 189 Å². The maximum atomic E-state index is 13.0. The van der Waals surface area contributed by atoms with Gasteiger partial charge in [0.05, 0.1) is 24.8 Å². The van der Waals surface area contributed by atoms with Gasteiger partial charge in [0.25, 0.3) is 11.7 Å². The molecule has 1 aliphatic heterocycles. The summed E-state index contributed by atoms with van der Waals surface area (Å²) in [6.45, 7) is 7.47. The van der Waals surface area contributed by atoms with Crippen LogP contribution in [0.15, 0.2) is 54.1 Å². The molecule has 0 saturated carbocycles. The van der Waals surface area contributed by atoms with Crippen LogP contribution in [0, 0.1) is 0 Å². The zero-order chi connectivity index (χ0) is 23.1. The lowest BCUT2D eigenvalue weighted by Gasteiger charge is -2.25. The summed E-state index contributed by atoms with van der Waals surface area (Å²) in [5.74, 6) is -0.144. The van der Waals surface area contributed by atoms with Crippen molar-refractivity contribution < 1.29 is 24.2 Å². The van der Waals surface area contributed by atoms with E-state index in [1.165, 1.54) is 4.90 Å². The van der Waals surface area contributed by atoms with Gasteiger partial charge in [-0.1, -0.05) is 44.5 Å². The van der Waals surface area contributed by atoms with Gasteiger partial charge in [0.15, 0.2) is 0 Å². The maximum absolute atomic E-state index is 13.0. The highest BCUT2D eigenvalue weighted by molar-refractivity contribution is 6.46. The molecule has 0 spiro atoms. The lowest BCUT2D eigenvalue weighted by atomic mass is 9.95. The summed E-state index contributed by atoms with van der Waals surface area (Å²) in [6.07, 6.45) is 2.72. The predicted molar refractivity (Wildman–Crippen MR) is 124 cm³/mol. The molecule has 1 heterocycles. The molecule has 170 valence electrons. The van der Waals surface area contributed by atoms with Crippen LogP contribution in [0.5, 0.6) is 11.5 Å². The standard InChI is InChI=1S/C26H31NO5/c1-4-7-16-32-20-13-11-18(12-14-20)23-22(25(29)26(30)27(23)15-5-2)24(28)19-9-8-10-21(17-19)31-6-3/h8-14,17,23,28H,4-7,15-16H2,1-3H3/b24-22-. The van der Waals surface area contributed by atoms with Crippen LogP contribution in [0.25, 0.3) is 5.76 Å². The monoisotopic (exact) mass is 437 g/mol. The molecule has 1 amide bonds. The fourth-order valence-corrected chi connectivity index (χ4v) is 3.83. The van der Waals surface area contributed by atoms with Gasteiger partial charge in [0, 0.05) is 12.1 Å². The third-order valence-electron chi connectivity index (χ3n) is 5.39. The number of ether oxygens (including phenoxy) is 2. The second-order valence-corrected chi connectivity index (χ2v) is 7.72.